The highest BCUT2D eigenvalue weighted by atomic mass is 19.1. The second-order valence-electron chi connectivity index (χ2n) is 6.48. The van der Waals surface area contributed by atoms with Crippen molar-refractivity contribution < 1.29 is 14.0 Å². The van der Waals surface area contributed by atoms with Crippen LogP contribution in [0.5, 0.6) is 0 Å². The molecule has 1 aromatic carbocycles. The number of rotatable bonds is 4. The number of halogens is 1. The molecule has 26 heavy (non-hydrogen) atoms. The van der Waals surface area contributed by atoms with Crippen LogP contribution in [0.15, 0.2) is 42.7 Å². The van der Waals surface area contributed by atoms with Gasteiger partial charge in [0.1, 0.15) is 5.82 Å². The second-order valence-corrected chi connectivity index (χ2v) is 6.48. The van der Waals surface area contributed by atoms with E-state index < -0.39 is 11.7 Å². The summed E-state index contributed by atoms with van der Waals surface area (Å²) in [5.41, 5.74) is 1.02. The number of hydrogen-bond donors (Lipinski definition) is 1. The molecule has 0 bridgehead atoms. The average Bonchev–Trinajstić information content (AvgIpc) is 2.67. The summed E-state index contributed by atoms with van der Waals surface area (Å²) in [6, 6.07) is 7.44. The van der Waals surface area contributed by atoms with Gasteiger partial charge in [0.05, 0.1) is 11.1 Å². The molecule has 1 aliphatic heterocycles. The van der Waals surface area contributed by atoms with E-state index in [1.165, 1.54) is 30.6 Å². The molecule has 0 saturated carbocycles. The van der Waals surface area contributed by atoms with Gasteiger partial charge in [-0.15, -0.1) is 0 Å². The summed E-state index contributed by atoms with van der Waals surface area (Å²) in [4.78, 5) is 31.2. The number of benzene rings is 1. The van der Waals surface area contributed by atoms with Crippen molar-refractivity contribution in [3.8, 4) is 0 Å². The van der Waals surface area contributed by atoms with Gasteiger partial charge in [-0.25, -0.2) is 4.39 Å². The number of nitrogens with one attached hydrogen (secondary N) is 1. The van der Waals surface area contributed by atoms with Crippen LogP contribution in [0.1, 0.15) is 53.3 Å². The molecule has 3 rings (SSSR count). The standard InChI is InChI=1S/C20H22FN3O2/c1-2-18-8-3-4-9-24(18)20(26)15-10-14(12-22-13-15)19(25)23-17-7-5-6-16(21)11-17/h5-7,10-13,18H,2-4,8-9H2,1H3,(H,23,25). The summed E-state index contributed by atoms with van der Waals surface area (Å²) < 4.78 is 13.3. The normalized spacial score (nSPS) is 17.0. The van der Waals surface area contributed by atoms with Crippen LogP contribution in [-0.4, -0.2) is 34.3 Å². The molecule has 1 unspecified atom stereocenters. The van der Waals surface area contributed by atoms with E-state index in [1.54, 1.807) is 12.1 Å². The van der Waals surface area contributed by atoms with Crippen LogP contribution >= 0.6 is 0 Å². The second kappa shape index (κ2) is 8.08. The molecular weight excluding hydrogens is 333 g/mol. The molecular formula is C20H22FN3O2. The number of anilines is 1. The molecule has 0 aliphatic carbocycles. The summed E-state index contributed by atoms with van der Waals surface area (Å²) in [7, 11) is 0. The Bertz CT molecular complexity index is 809. The Morgan fingerprint density at radius 2 is 2.04 bits per heavy atom. The Balaban J connectivity index is 1.77. The first-order chi connectivity index (χ1) is 12.6. The lowest BCUT2D eigenvalue weighted by molar-refractivity contribution is 0.0607. The summed E-state index contributed by atoms with van der Waals surface area (Å²) >= 11 is 0. The summed E-state index contributed by atoms with van der Waals surface area (Å²) in [6.45, 7) is 2.81. The topological polar surface area (TPSA) is 62.3 Å². The molecule has 0 radical (unpaired) electrons. The quantitative estimate of drug-likeness (QED) is 0.905. The van der Waals surface area contributed by atoms with E-state index in [-0.39, 0.29) is 17.5 Å². The van der Waals surface area contributed by atoms with Crippen molar-refractivity contribution in [3.05, 3.63) is 59.7 Å². The number of carbonyl (C=O) groups is 2. The number of nitrogens with zero attached hydrogens (tertiary/aromatic N) is 2. The van der Waals surface area contributed by atoms with Gasteiger partial charge in [0.2, 0.25) is 0 Å². The third kappa shape index (κ3) is 4.07. The van der Waals surface area contributed by atoms with Crippen molar-refractivity contribution in [2.75, 3.05) is 11.9 Å². The van der Waals surface area contributed by atoms with Crippen LogP contribution in [-0.2, 0) is 0 Å². The number of hydrogen-bond acceptors (Lipinski definition) is 3. The molecule has 5 nitrogen and oxygen atoms in total. The number of piperidine rings is 1. The Labute approximate surface area is 152 Å². The van der Waals surface area contributed by atoms with E-state index >= 15 is 0 Å². The summed E-state index contributed by atoms with van der Waals surface area (Å²) in [5, 5.41) is 2.62. The van der Waals surface area contributed by atoms with Gasteiger partial charge in [0.15, 0.2) is 0 Å². The zero-order valence-corrected chi connectivity index (χ0v) is 14.7. The number of aromatic nitrogens is 1. The Kier molecular flexibility index (Phi) is 5.61. The predicted molar refractivity (Wildman–Crippen MR) is 97.6 cm³/mol. The smallest absolute Gasteiger partial charge is 0.257 e. The van der Waals surface area contributed by atoms with Crippen LogP contribution < -0.4 is 5.32 Å². The molecule has 6 heteroatoms. The molecule has 1 aromatic heterocycles. The van der Waals surface area contributed by atoms with E-state index in [4.69, 9.17) is 0 Å². The van der Waals surface area contributed by atoms with Crippen molar-refractivity contribution in [1.29, 1.82) is 0 Å². The summed E-state index contributed by atoms with van der Waals surface area (Å²) in [6.07, 6.45) is 6.95. The van der Waals surface area contributed by atoms with Gasteiger partial charge in [0, 0.05) is 30.7 Å². The maximum atomic E-state index is 13.3. The maximum absolute atomic E-state index is 13.3. The van der Waals surface area contributed by atoms with Crippen LogP contribution in [0.2, 0.25) is 0 Å². The van der Waals surface area contributed by atoms with E-state index in [2.05, 4.69) is 17.2 Å². The van der Waals surface area contributed by atoms with E-state index in [1.807, 2.05) is 4.90 Å². The lowest BCUT2D eigenvalue weighted by Crippen LogP contribution is -2.43. The van der Waals surface area contributed by atoms with Gasteiger partial charge in [-0.05, 0) is 49.9 Å². The fourth-order valence-electron chi connectivity index (χ4n) is 3.31. The molecule has 0 spiro atoms. The minimum absolute atomic E-state index is 0.0931. The molecule has 136 valence electrons. The van der Waals surface area contributed by atoms with E-state index in [0.29, 0.717) is 11.3 Å². The Morgan fingerprint density at radius 1 is 1.23 bits per heavy atom. The number of likely N-dealkylation sites (tertiary alicyclic amines) is 1. The fourth-order valence-corrected chi connectivity index (χ4v) is 3.31. The van der Waals surface area contributed by atoms with E-state index in [0.717, 1.165) is 32.2 Å². The molecule has 2 heterocycles. The van der Waals surface area contributed by atoms with Gasteiger partial charge in [-0.3, -0.25) is 14.6 Å². The number of carbonyl (C=O) groups excluding carboxylic acids is 2. The lowest BCUT2D eigenvalue weighted by atomic mass is 9.99. The zero-order chi connectivity index (χ0) is 18.5. The maximum Gasteiger partial charge on any atom is 0.257 e. The van der Waals surface area contributed by atoms with Gasteiger partial charge in [-0.1, -0.05) is 13.0 Å². The monoisotopic (exact) mass is 355 g/mol. The third-order valence-corrected chi connectivity index (χ3v) is 4.69. The molecule has 1 N–H and O–H groups in total. The van der Waals surface area contributed by atoms with Crippen LogP contribution in [0.3, 0.4) is 0 Å². The molecule has 1 fully saturated rings. The zero-order valence-electron chi connectivity index (χ0n) is 14.7. The molecule has 1 aliphatic rings. The minimum Gasteiger partial charge on any atom is -0.336 e. The SMILES string of the molecule is CCC1CCCCN1C(=O)c1cncc(C(=O)Nc2cccc(F)c2)c1. The lowest BCUT2D eigenvalue weighted by Gasteiger charge is -2.35. The van der Waals surface area contributed by atoms with Crippen molar-refractivity contribution in [2.24, 2.45) is 0 Å². The average molecular weight is 355 g/mol. The third-order valence-electron chi connectivity index (χ3n) is 4.69. The highest BCUT2D eigenvalue weighted by molar-refractivity contribution is 6.05. The van der Waals surface area contributed by atoms with Crippen molar-refractivity contribution >= 4 is 17.5 Å². The fraction of sp³-hybridized carbons (Fsp3) is 0.350. The molecule has 2 amide bonds. The van der Waals surface area contributed by atoms with Gasteiger partial charge in [-0.2, -0.15) is 0 Å². The largest absolute Gasteiger partial charge is 0.336 e. The highest BCUT2D eigenvalue weighted by Crippen LogP contribution is 2.22. The van der Waals surface area contributed by atoms with Crippen LogP contribution in [0, 0.1) is 5.82 Å². The first-order valence-corrected chi connectivity index (χ1v) is 8.91. The van der Waals surface area contributed by atoms with Crippen molar-refractivity contribution in [1.82, 2.24) is 9.88 Å². The van der Waals surface area contributed by atoms with Gasteiger partial charge < -0.3 is 10.2 Å². The Hall–Kier alpha value is -2.76. The van der Waals surface area contributed by atoms with Gasteiger partial charge in [0.25, 0.3) is 11.8 Å². The molecule has 1 atom stereocenters. The van der Waals surface area contributed by atoms with Crippen LogP contribution in [0.25, 0.3) is 0 Å². The first kappa shape index (κ1) is 18.0. The summed E-state index contributed by atoms with van der Waals surface area (Å²) in [5.74, 6) is -0.951. The van der Waals surface area contributed by atoms with Crippen molar-refractivity contribution in [3.63, 3.8) is 0 Å². The van der Waals surface area contributed by atoms with Crippen molar-refractivity contribution in [2.45, 2.75) is 38.6 Å². The highest BCUT2D eigenvalue weighted by Gasteiger charge is 2.26. The molecule has 2 aromatic rings. The van der Waals surface area contributed by atoms with Gasteiger partial charge >= 0.3 is 0 Å². The Morgan fingerprint density at radius 3 is 2.81 bits per heavy atom. The first-order valence-electron chi connectivity index (χ1n) is 8.91. The molecule has 1 saturated heterocycles. The number of pyridine rings is 1. The van der Waals surface area contributed by atoms with Crippen LogP contribution in [0.4, 0.5) is 10.1 Å². The predicted octanol–water partition coefficient (Wildman–Crippen LogP) is 3.88. The van der Waals surface area contributed by atoms with E-state index in [9.17, 15) is 14.0 Å². The number of amides is 2. The minimum atomic E-state index is -0.430.